The van der Waals surface area contributed by atoms with Gasteiger partial charge >= 0.3 is 0 Å². The second kappa shape index (κ2) is 9.65. The van der Waals surface area contributed by atoms with Gasteiger partial charge in [-0.15, -0.1) is 0 Å². The Labute approximate surface area is 163 Å². The zero-order valence-corrected chi connectivity index (χ0v) is 16.4. The number of primary amides is 1. The van der Waals surface area contributed by atoms with Crippen molar-refractivity contribution in [1.29, 1.82) is 0 Å². The third-order valence-electron chi connectivity index (χ3n) is 4.03. The summed E-state index contributed by atoms with van der Waals surface area (Å²) in [6.07, 6.45) is 1.59. The van der Waals surface area contributed by atoms with E-state index in [1.165, 1.54) is 26.4 Å². The number of methoxy groups -OCH3 is 2. The number of hydrogen-bond acceptors (Lipinski definition) is 7. The van der Waals surface area contributed by atoms with Crippen LogP contribution in [0.2, 0.25) is 0 Å². The second-order valence-corrected chi connectivity index (χ2v) is 6.17. The molecule has 1 aromatic carbocycles. The number of rotatable bonds is 10. The highest BCUT2D eigenvalue weighted by atomic mass is 16.5. The van der Waals surface area contributed by atoms with Gasteiger partial charge in [0.15, 0.2) is 18.1 Å². The molecule has 1 aromatic heterocycles. The third-order valence-corrected chi connectivity index (χ3v) is 4.03. The summed E-state index contributed by atoms with van der Waals surface area (Å²) in [6.45, 7) is -0.00414. The molecule has 2 rings (SSSR count). The number of amides is 2. The molecule has 9 nitrogen and oxygen atoms in total. The molecule has 0 unspecified atom stereocenters. The minimum Gasteiger partial charge on any atom is -0.493 e. The van der Waals surface area contributed by atoms with Crippen LogP contribution in [-0.2, 0) is 4.79 Å². The number of carbonyl (C=O) groups excluding carboxylic acids is 2. The molecule has 0 saturated carbocycles. The topological polar surface area (TPSA) is 116 Å². The zero-order valence-electron chi connectivity index (χ0n) is 16.4. The van der Waals surface area contributed by atoms with Gasteiger partial charge in [0.1, 0.15) is 5.76 Å². The van der Waals surface area contributed by atoms with Crippen LogP contribution >= 0.6 is 0 Å². The lowest BCUT2D eigenvalue weighted by molar-refractivity contribution is -0.120. The summed E-state index contributed by atoms with van der Waals surface area (Å²) in [5.74, 6) is 0.481. The molecule has 0 radical (unpaired) electrons. The minimum absolute atomic E-state index is 0.124. The molecule has 0 bridgehead atoms. The van der Waals surface area contributed by atoms with E-state index in [9.17, 15) is 9.59 Å². The Morgan fingerprint density at radius 3 is 2.32 bits per heavy atom. The molecule has 2 aromatic rings. The summed E-state index contributed by atoms with van der Waals surface area (Å²) in [4.78, 5) is 25.6. The van der Waals surface area contributed by atoms with Gasteiger partial charge < -0.3 is 29.7 Å². The molecule has 0 aliphatic carbocycles. The van der Waals surface area contributed by atoms with E-state index in [0.29, 0.717) is 12.1 Å². The summed E-state index contributed by atoms with van der Waals surface area (Å²) in [5, 5.41) is 2.87. The van der Waals surface area contributed by atoms with E-state index in [4.69, 9.17) is 24.4 Å². The number of furan rings is 1. The zero-order chi connectivity index (χ0) is 20.7. The molecule has 3 N–H and O–H groups in total. The molecule has 0 fully saturated rings. The van der Waals surface area contributed by atoms with Crippen molar-refractivity contribution in [3.8, 4) is 17.2 Å². The Hall–Kier alpha value is -3.20. The fourth-order valence-electron chi connectivity index (χ4n) is 2.61. The van der Waals surface area contributed by atoms with Crippen LogP contribution in [0.15, 0.2) is 34.9 Å². The molecule has 9 heteroatoms. The first-order valence-corrected chi connectivity index (χ1v) is 8.52. The predicted molar refractivity (Wildman–Crippen MR) is 102 cm³/mol. The van der Waals surface area contributed by atoms with Gasteiger partial charge in [-0.05, 0) is 38.4 Å². The highest BCUT2D eigenvalue weighted by Crippen LogP contribution is 2.38. The normalized spacial score (nSPS) is 11.8. The number of ether oxygens (including phenoxy) is 3. The molecule has 152 valence electrons. The van der Waals surface area contributed by atoms with E-state index in [1.807, 2.05) is 25.1 Å². The molecule has 0 aliphatic rings. The Balaban J connectivity index is 2.19. The number of benzene rings is 1. The van der Waals surface area contributed by atoms with Crippen molar-refractivity contribution >= 4 is 11.8 Å². The summed E-state index contributed by atoms with van der Waals surface area (Å²) in [5.41, 5.74) is 5.43. The van der Waals surface area contributed by atoms with Gasteiger partial charge in [0.2, 0.25) is 5.75 Å². The lowest BCUT2D eigenvalue weighted by Crippen LogP contribution is -2.34. The lowest BCUT2D eigenvalue weighted by Gasteiger charge is -2.22. The van der Waals surface area contributed by atoms with Crippen LogP contribution in [0.25, 0.3) is 0 Å². The van der Waals surface area contributed by atoms with Crippen LogP contribution in [0, 0.1) is 0 Å². The van der Waals surface area contributed by atoms with Crippen molar-refractivity contribution in [2.75, 3.05) is 41.5 Å². The monoisotopic (exact) mass is 391 g/mol. The highest BCUT2D eigenvalue weighted by molar-refractivity contribution is 5.95. The number of nitrogens with one attached hydrogen (secondary N) is 1. The summed E-state index contributed by atoms with van der Waals surface area (Å²) < 4.78 is 21.3. The predicted octanol–water partition coefficient (Wildman–Crippen LogP) is 1.19. The first-order valence-electron chi connectivity index (χ1n) is 8.52. The summed E-state index contributed by atoms with van der Waals surface area (Å²) in [6, 6.07) is 6.54. The van der Waals surface area contributed by atoms with Crippen molar-refractivity contribution in [3.05, 3.63) is 41.9 Å². The number of carbonyl (C=O) groups is 2. The van der Waals surface area contributed by atoms with E-state index in [1.54, 1.807) is 12.3 Å². The van der Waals surface area contributed by atoms with Gasteiger partial charge in [-0.25, -0.2) is 0 Å². The lowest BCUT2D eigenvalue weighted by atomic mass is 10.1. The van der Waals surface area contributed by atoms with Gasteiger partial charge in [0, 0.05) is 12.1 Å². The number of hydrogen-bond donors (Lipinski definition) is 2. The summed E-state index contributed by atoms with van der Waals surface area (Å²) >= 11 is 0. The number of nitrogens with zero attached hydrogens (tertiary/aromatic N) is 1. The van der Waals surface area contributed by atoms with E-state index >= 15 is 0 Å². The summed E-state index contributed by atoms with van der Waals surface area (Å²) in [7, 11) is 6.64. The van der Waals surface area contributed by atoms with Crippen molar-refractivity contribution in [1.82, 2.24) is 10.2 Å². The highest BCUT2D eigenvalue weighted by Gasteiger charge is 2.21. The largest absolute Gasteiger partial charge is 0.493 e. The third kappa shape index (κ3) is 5.17. The van der Waals surface area contributed by atoms with Crippen molar-refractivity contribution in [2.24, 2.45) is 5.73 Å². The molecule has 0 spiro atoms. The molecule has 0 saturated heterocycles. The fraction of sp³-hybridized carbons (Fsp3) is 0.368. The minimum atomic E-state index is -0.640. The van der Waals surface area contributed by atoms with E-state index in [2.05, 4.69) is 5.32 Å². The van der Waals surface area contributed by atoms with E-state index in [-0.39, 0.29) is 35.8 Å². The Morgan fingerprint density at radius 1 is 1.21 bits per heavy atom. The van der Waals surface area contributed by atoms with Crippen molar-refractivity contribution in [2.45, 2.75) is 6.04 Å². The number of likely N-dealkylation sites (N-methyl/N-ethyl adjacent to an activating group) is 1. The van der Waals surface area contributed by atoms with Crippen LogP contribution in [0.3, 0.4) is 0 Å². The van der Waals surface area contributed by atoms with Crippen LogP contribution in [0.4, 0.5) is 0 Å². The van der Waals surface area contributed by atoms with Gasteiger partial charge in [-0.2, -0.15) is 0 Å². The van der Waals surface area contributed by atoms with Crippen LogP contribution in [0.5, 0.6) is 17.2 Å². The SMILES string of the molecule is COc1cc(C(=O)NC[C@@H](c2ccco2)N(C)C)cc(OC)c1OCC(N)=O. The quantitative estimate of drug-likeness (QED) is 0.625. The maximum absolute atomic E-state index is 12.7. The average Bonchev–Trinajstić information content (AvgIpc) is 3.19. The Morgan fingerprint density at radius 2 is 1.86 bits per heavy atom. The Bertz CT molecular complexity index is 779. The maximum atomic E-state index is 12.7. The first-order chi connectivity index (χ1) is 13.4. The number of nitrogens with two attached hydrogens (primary N) is 1. The van der Waals surface area contributed by atoms with E-state index < -0.39 is 5.91 Å². The van der Waals surface area contributed by atoms with Gasteiger partial charge in [-0.3, -0.25) is 14.5 Å². The Kier molecular flexibility index (Phi) is 7.28. The molecular weight excluding hydrogens is 366 g/mol. The average molecular weight is 391 g/mol. The molecule has 0 aliphatic heterocycles. The van der Waals surface area contributed by atoms with Crippen LogP contribution in [0.1, 0.15) is 22.2 Å². The molecule has 2 amide bonds. The molecule has 1 atom stereocenters. The van der Waals surface area contributed by atoms with Gasteiger partial charge in [-0.1, -0.05) is 0 Å². The van der Waals surface area contributed by atoms with Crippen molar-refractivity contribution in [3.63, 3.8) is 0 Å². The van der Waals surface area contributed by atoms with Gasteiger partial charge in [0.25, 0.3) is 11.8 Å². The van der Waals surface area contributed by atoms with Gasteiger partial charge in [0.05, 0.1) is 26.5 Å². The molecule has 1 heterocycles. The molecule has 28 heavy (non-hydrogen) atoms. The second-order valence-electron chi connectivity index (χ2n) is 6.17. The maximum Gasteiger partial charge on any atom is 0.255 e. The fourth-order valence-corrected chi connectivity index (χ4v) is 2.61. The molecular formula is C19H25N3O6. The first kappa shape index (κ1) is 21.1. The smallest absolute Gasteiger partial charge is 0.255 e. The standard InChI is InChI=1S/C19H25N3O6/c1-22(2)13(14-6-5-7-27-14)10-21-19(24)12-8-15(25-3)18(16(9-12)26-4)28-11-17(20)23/h5-9,13H,10-11H2,1-4H3,(H2,20,23)(H,21,24)/t13-/m0/s1. The van der Waals surface area contributed by atoms with Crippen LogP contribution in [-0.4, -0.2) is 58.2 Å². The van der Waals surface area contributed by atoms with E-state index in [0.717, 1.165) is 5.76 Å². The van der Waals surface area contributed by atoms with Crippen molar-refractivity contribution < 1.29 is 28.2 Å². The van der Waals surface area contributed by atoms with Crippen LogP contribution < -0.4 is 25.3 Å².